The SMILES string of the molecule is CCc1cc(-c2ccc(C)cc2)nc(C)c1[Si](C)(C)C. The zero-order valence-corrected chi connectivity index (χ0v) is 14.5. The third-order valence-corrected chi connectivity index (χ3v) is 5.94. The molecule has 0 N–H and O–H groups in total. The fraction of sp³-hybridized carbons (Fsp3) is 0.389. The molecule has 0 bridgehead atoms. The fourth-order valence-corrected chi connectivity index (χ4v) is 5.27. The first-order valence-corrected chi connectivity index (χ1v) is 10.9. The highest BCUT2D eigenvalue weighted by Crippen LogP contribution is 2.21. The smallest absolute Gasteiger partial charge is 0.0803 e. The first kappa shape index (κ1) is 15.0. The molecular weight excluding hydrogens is 258 g/mol. The minimum absolute atomic E-state index is 1.09. The lowest BCUT2D eigenvalue weighted by molar-refractivity contribution is 1.11. The predicted octanol–water partition coefficient (Wildman–Crippen LogP) is 4.47. The normalized spacial score (nSPS) is 11.7. The minimum atomic E-state index is -1.34. The number of pyridine rings is 1. The van der Waals surface area contributed by atoms with Crippen molar-refractivity contribution in [3.8, 4) is 11.3 Å². The second kappa shape index (κ2) is 5.53. The Bertz CT molecular complexity index is 607. The van der Waals surface area contributed by atoms with Gasteiger partial charge in [0.2, 0.25) is 0 Å². The Morgan fingerprint density at radius 2 is 1.60 bits per heavy atom. The lowest BCUT2D eigenvalue weighted by atomic mass is 10.1. The summed E-state index contributed by atoms with van der Waals surface area (Å²) in [4.78, 5) is 4.88. The maximum atomic E-state index is 4.88. The van der Waals surface area contributed by atoms with Crippen molar-refractivity contribution in [1.82, 2.24) is 4.98 Å². The highest BCUT2D eigenvalue weighted by Gasteiger charge is 2.23. The molecule has 20 heavy (non-hydrogen) atoms. The van der Waals surface area contributed by atoms with Crippen LogP contribution in [-0.4, -0.2) is 13.1 Å². The Balaban J connectivity index is 2.58. The molecule has 0 amide bonds. The number of aromatic nitrogens is 1. The van der Waals surface area contributed by atoms with Crippen LogP contribution in [-0.2, 0) is 6.42 Å². The Morgan fingerprint density at radius 3 is 2.10 bits per heavy atom. The predicted molar refractivity (Wildman–Crippen MR) is 91.5 cm³/mol. The molecule has 2 aromatic rings. The fourth-order valence-electron chi connectivity index (χ4n) is 2.91. The summed E-state index contributed by atoms with van der Waals surface area (Å²) in [7, 11) is -1.34. The highest BCUT2D eigenvalue weighted by atomic mass is 28.3. The molecule has 2 heteroatoms. The van der Waals surface area contributed by atoms with E-state index in [9.17, 15) is 0 Å². The maximum absolute atomic E-state index is 4.88. The van der Waals surface area contributed by atoms with E-state index in [-0.39, 0.29) is 0 Å². The average Bonchev–Trinajstić information content (AvgIpc) is 2.37. The Labute approximate surface area is 124 Å². The van der Waals surface area contributed by atoms with Crippen LogP contribution in [0.2, 0.25) is 19.6 Å². The molecule has 1 nitrogen and oxygen atoms in total. The van der Waals surface area contributed by atoms with Gasteiger partial charge in [0.25, 0.3) is 0 Å². The summed E-state index contributed by atoms with van der Waals surface area (Å²) in [5.41, 5.74) is 6.32. The number of benzene rings is 1. The summed E-state index contributed by atoms with van der Waals surface area (Å²) < 4.78 is 0. The summed E-state index contributed by atoms with van der Waals surface area (Å²) in [5, 5.41) is 1.54. The number of hydrogen-bond donors (Lipinski definition) is 0. The topological polar surface area (TPSA) is 12.9 Å². The third-order valence-electron chi connectivity index (χ3n) is 3.76. The van der Waals surface area contributed by atoms with E-state index >= 15 is 0 Å². The Kier molecular flexibility index (Phi) is 4.14. The van der Waals surface area contributed by atoms with Crippen molar-refractivity contribution in [3.63, 3.8) is 0 Å². The number of rotatable bonds is 3. The number of nitrogens with zero attached hydrogens (tertiary/aromatic N) is 1. The van der Waals surface area contributed by atoms with Crippen molar-refractivity contribution in [2.45, 2.75) is 46.8 Å². The van der Waals surface area contributed by atoms with Crippen LogP contribution >= 0.6 is 0 Å². The number of hydrogen-bond acceptors (Lipinski definition) is 1. The van der Waals surface area contributed by atoms with Gasteiger partial charge in [-0.3, -0.25) is 4.98 Å². The molecular formula is C18H25NSi. The van der Waals surface area contributed by atoms with E-state index in [1.54, 1.807) is 0 Å². The molecule has 106 valence electrons. The van der Waals surface area contributed by atoms with Gasteiger partial charge in [-0.2, -0.15) is 0 Å². The van der Waals surface area contributed by atoms with E-state index in [1.807, 2.05) is 0 Å². The molecule has 0 saturated carbocycles. The van der Waals surface area contributed by atoms with E-state index in [1.165, 1.54) is 27.6 Å². The van der Waals surface area contributed by atoms with Crippen LogP contribution in [0.3, 0.4) is 0 Å². The molecule has 0 aliphatic carbocycles. The standard InChI is InChI=1S/C18H25NSi/c1-7-15-12-17(16-10-8-13(2)9-11-16)19-14(3)18(15)20(4,5)6/h8-12H,7H2,1-6H3. The van der Waals surface area contributed by atoms with Crippen LogP contribution in [0.25, 0.3) is 11.3 Å². The van der Waals surface area contributed by atoms with Gasteiger partial charge in [-0.25, -0.2) is 0 Å². The molecule has 0 spiro atoms. The first-order valence-electron chi connectivity index (χ1n) is 7.41. The van der Waals surface area contributed by atoms with Crippen LogP contribution < -0.4 is 5.19 Å². The monoisotopic (exact) mass is 283 g/mol. The van der Waals surface area contributed by atoms with E-state index in [0.717, 1.165) is 12.1 Å². The van der Waals surface area contributed by atoms with Gasteiger partial charge >= 0.3 is 0 Å². The summed E-state index contributed by atoms with van der Waals surface area (Å²) in [6.45, 7) is 13.8. The van der Waals surface area contributed by atoms with Crippen LogP contribution in [0.5, 0.6) is 0 Å². The van der Waals surface area contributed by atoms with Crippen molar-refractivity contribution in [2.24, 2.45) is 0 Å². The first-order chi connectivity index (χ1) is 9.32. The van der Waals surface area contributed by atoms with Gasteiger partial charge in [0.05, 0.1) is 13.8 Å². The van der Waals surface area contributed by atoms with Gasteiger partial charge in [-0.15, -0.1) is 0 Å². The van der Waals surface area contributed by atoms with Crippen LogP contribution in [0.15, 0.2) is 30.3 Å². The minimum Gasteiger partial charge on any atom is -0.253 e. The zero-order chi connectivity index (χ0) is 14.9. The molecule has 2 rings (SSSR count). The zero-order valence-electron chi connectivity index (χ0n) is 13.5. The van der Waals surface area contributed by atoms with Gasteiger partial charge in [0, 0.05) is 11.3 Å². The molecule has 1 aromatic heterocycles. The van der Waals surface area contributed by atoms with E-state index in [4.69, 9.17) is 4.98 Å². The largest absolute Gasteiger partial charge is 0.253 e. The third kappa shape index (κ3) is 3.01. The maximum Gasteiger partial charge on any atom is 0.0803 e. The summed E-state index contributed by atoms with van der Waals surface area (Å²) in [6, 6.07) is 11.0. The molecule has 0 saturated heterocycles. The second-order valence-corrected chi connectivity index (χ2v) is 11.6. The Morgan fingerprint density at radius 1 is 1.00 bits per heavy atom. The summed E-state index contributed by atoms with van der Waals surface area (Å²) in [6.07, 6.45) is 1.09. The molecule has 0 unspecified atom stereocenters. The van der Waals surface area contributed by atoms with Crippen molar-refractivity contribution in [1.29, 1.82) is 0 Å². The van der Waals surface area contributed by atoms with Crippen molar-refractivity contribution < 1.29 is 0 Å². The summed E-state index contributed by atoms with van der Waals surface area (Å²) in [5.74, 6) is 0. The van der Waals surface area contributed by atoms with E-state index in [0.29, 0.717) is 0 Å². The Hall–Kier alpha value is -1.41. The lowest BCUT2D eigenvalue weighted by Gasteiger charge is -2.23. The van der Waals surface area contributed by atoms with Crippen LogP contribution in [0.1, 0.15) is 23.7 Å². The molecule has 0 fully saturated rings. The quantitative estimate of drug-likeness (QED) is 0.757. The van der Waals surface area contributed by atoms with Crippen molar-refractivity contribution in [2.75, 3.05) is 0 Å². The molecule has 0 radical (unpaired) electrons. The van der Waals surface area contributed by atoms with Crippen LogP contribution in [0, 0.1) is 13.8 Å². The molecule has 0 atom stereocenters. The van der Waals surface area contributed by atoms with Crippen LogP contribution in [0.4, 0.5) is 0 Å². The second-order valence-electron chi connectivity index (χ2n) is 6.60. The molecule has 0 aliphatic rings. The molecule has 1 heterocycles. The van der Waals surface area contributed by atoms with Gasteiger partial charge in [-0.1, -0.05) is 56.4 Å². The highest BCUT2D eigenvalue weighted by molar-refractivity contribution is 6.89. The lowest BCUT2D eigenvalue weighted by Crippen LogP contribution is -2.42. The number of aryl methyl sites for hydroxylation is 3. The van der Waals surface area contributed by atoms with E-state index in [2.05, 4.69) is 70.7 Å². The average molecular weight is 283 g/mol. The molecule has 1 aromatic carbocycles. The van der Waals surface area contributed by atoms with Crippen molar-refractivity contribution >= 4 is 13.3 Å². The summed E-state index contributed by atoms with van der Waals surface area (Å²) >= 11 is 0. The van der Waals surface area contributed by atoms with Crippen molar-refractivity contribution in [3.05, 3.63) is 47.2 Å². The van der Waals surface area contributed by atoms with Gasteiger partial charge in [-0.05, 0) is 37.1 Å². The molecule has 0 aliphatic heterocycles. The van der Waals surface area contributed by atoms with Gasteiger partial charge in [0.15, 0.2) is 0 Å². The van der Waals surface area contributed by atoms with E-state index < -0.39 is 8.07 Å². The van der Waals surface area contributed by atoms with Gasteiger partial charge in [0.1, 0.15) is 0 Å². The van der Waals surface area contributed by atoms with Gasteiger partial charge < -0.3 is 0 Å².